The van der Waals surface area contributed by atoms with Crippen molar-refractivity contribution in [3.8, 4) is 0 Å². The van der Waals surface area contributed by atoms with Crippen molar-refractivity contribution in [1.82, 2.24) is 4.90 Å². The second-order valence-corrected chi connectivity index (χ2v) is 6.89. The van der Waals surface area contributed by atoms with Crippen molar-refractivity contribution < 1.29 is 28.8 Å². The van der Waals surface area contributed by atoms with Crippen LogP contribution in [0, 0.1) is 16.0 Å². The van der Waals surface area contributed by atoms with Crippen molar-refractivity contribution in [3.63, 3.8) is 0 Å². The number of rotatable bonds is 5. The number of ether oxygens (including phenoxy) is 2. The molecule has 0 aromatic heterocycles. The fraction of sp³-hybridized carbons (Fsp3) is 0.500. The van der Waals surface area contributed by atoms with E-state index in [1.165, 1.54) is 12.1 Å². The second kappa shape index (κ2) is 8.24. The molecule has 1 aromatic rings. The summed E-state index contributed by atoms with van der Waals surface area (Å²) >= 11 is 0. The van der Waals surface area contributed by atoms with E-state index >= 15 is 0 Å². The first-order chi connectivity index (χ1) is 13.4. The van der Waals surface area contributed by atoms with Crippen molar-refractivity contribution in [3.05, 3.63) is 33.9 Å². The summed E-state index contributed by atoms with van der Waals surface area (Å²) in [6, 6.07) is 4.14. The lowest BCUT2D eigenvalue weighted by Crippen LogP contribution is -2.35. The Balaban J connectivity index is 1.70. The summed E-state index contributed by atoms with van der Waals surface area (Å²) in [4.78, 5) is 49.2. The lowest BCUT2D eigenvalue weighted by atomic mass is 9.99. The number of carbonyl (C=O) groups excluding carboxylic acids is 3. The molecule has 28 heavy (non-hydrogen) atoms. The fourth-order valence-electron chi connectivity index (χ4n) is 3.38. The van der Waals surface area contributed by atoms with E-state index in [0.29, 0.717) is 18.2 Å². The van der Waals surface area contributed by atoms with E-state index in [0.717, 1.165) is 30.4 Å². The maximum atomic E-state index is 12.2. The van der Waals surface area contributed by atoms with Gasteiger partial charge < -0.3 is 14.4 Å². The molecule has 0 aliphatic carbocycles. The SMILES string of the molecule is C[C@@H]1CCCN(c2ccc(C(=O)OCC(=O)N3CCOC3=O)cc2[N+](=O)[O-])C1. The van der Waals surface area contributed by atoms with Crippen LogP contribution >= 0.6 is 0 Å². The van der Waals surface area contributed by atoms with Crippen LogP contribution in [0.3, 0.4) is 0 Å². The summed E-state index contributed by atoms with van der Waals surface area (Å²) in [5.74, 6) is -1.15. The van der Waals surface area contributed by atoms with E-state index in [1.54, 1.807) is 0 Å². The van der Waals surface area contributed by atoms with E-state index in [1.807, 2.05) is 4.90 Å². The average Bonchev–Trinajstić information content (AvgIpc) is 3.11. The minimum absolute atomic E-state index is 0.0303. The molecule has 1 aromatic carbocycles. The molecule has 2 amide bonds. The largest absolute Gasteiger partial charge is 0.452 e. The quantitative estimate of drug-likeness (QED) is 0.424. The molecule has 0 spiro atoms. The molecule has 0 bridgehead atoms. The van der Waals surface area contributed by atoms with Gasteiger partial charge in [-0.15, -0.1) is 0 Å². The molecule has 2 saturated heterocycles. The molecular weight excluding hydrogens is 370 g/mol. The van der Waals surface area contributed by atoms with Crippen molar-refractivity contribution in [1.29, 1.82) is 0 Å². The smallest absolute Gasteiger partial charge is 0.416 e. The number of hydrogen-bond donors (Lipinski definition) is 0. The predicted molar refractivity (Wildman–Crippen MR) is 97.1 cm³/mol. The van der Waals surface area contributed by atoms with E-state index in [2.05, 4.69) is 11.7 Å². The van der Waals surface area contributed by atoms with Gasteiger partial charge in [0.25, 0.3) is 11.6 Å². The van der Waals surface area contributed by atoms with Gasteiger partial charge in [-0.05, 0) is 30.9 Å². The molecule has 10 heteroatoms. The molecule has 0 saturated carbocycles. The van der Waals surface area contributed by atoms with Crippen LogP contribution < -0.4 is 4.90 Å². The Bertz CT molecular complexity index is 810. The monoisotopic (exact) mass is 391 g/mol. The van der Waals surface area contributed by atoms with Crippen LogP contribution in [0.4, 0.5) is 16.2 Å². The summed E-state index contributed by atoms with van der Waals surface area (Å²) < 4.78 is 9.56. The van der Waals surface area contributed by atoms with Gasteiger partial charge in [-0.2, -0.15) is 0 Å². The van der Waals surface area contributed by atoms with Crippen molar-refractivity contribution in [2.24, 2.45) is 5.92 Å². The number of cyclic esters (lactones) is 1. The minimum atomic E-state index is -0.873. The number of imide groups is 1. The van der Waals surface area contributed by atoms with Crippen LogP contribution in [-0.4, -0.2) is 60.6 Å². The normalized spacial score (nSPS) is 19.3. The van der Waals surface area contributed by atoms with E-state index in [9.17, 15) is 24.5 Å². The molecule has 2 heterocycles. The van der Waals surface area contributed by atoms with E-state index in [-0.39, 0.29) is 24.4 Å². The van der Waals surface area contributed by atoms with Crippen LogP contribution in [0.25, 0.3) is 0 Å². The Labute approximate surface area is 161 Å². The van der Waals surface area contributed by atoms with Gasteiger partial charge in [-0.1, -0.05) is 6.92 Å². The maximum Gasteiger partial charge on any atom is 0.416 e. The summed E-state index contributed by atoms with van der Waals surface area (Å²) in [6.07, 6.45) is 1.24. The molecule has 0 unspecified atom stereocenters. The third-order valence-corrected chi connectivity index (χ3v) is 4.79. The summed E-state index contributed by atoms with van der Waals surface area (Å²) in [5, 5.41) is 11.5. The number of nitro benzene ring substituents is 1. The zero-order valence-electron chi connectivity index (χ0n) is 15.5. The summed E-state index contributed by atoms with van der Waals surface area (Å²) in [5.41, 5.74) is 0.249. The highest BCUT2D eigenvalue weighted by Gasteiger charge is 2.30. The fourth-order valence-corrected chi connectivity index (χ4v) is 3.38. The number of anilines is 1. The number of nitrogens with zero attached hydrogens (tertiary/aromatic N) is 3. The number of nitro groups is 1. The number of benzene rings is 1. The van der Waals surface area contributed by atoms with Gasteiger partial charge in [-0.25, -0.2) is 14.5 Å². The minimum Gasteiger partial charge on any atom is -0.452 e. The average molecular weight is 391 g/mol. The van der Waals surface area contributed by atoms with Gasteiger partial charge in [-0.3, -0.25) is 14.9 Å². The molecule has 150 valence electrons. The number of esters is 1. The maximum absolute atomic E-state index is 12.2. The van der Waals surface area contributed by atoms with Gasteiger partial charge >= 0.3 is 12.1 Å². The number of hydrogen-bond acceptors (Lipinski definition) is 8. The lowest BCUT2D eigenvalue weighted by Gasteiger charge is -2.32. The number of piperidine rings is 1. The molecule has 0 radical (unpaired) electrons. The number of carbonyl (C=O) groups is 3. The lowest BCUT2D eigenvalue weighted by molar-refractivity contribution is -0.384. The first-order valence-electron chi connectivity index (χ1n) is 9.04. The van der Waals surface area contributed by atoms with Crippen molar-refractivity contribution >= 4 is 29.3 Å². The standard InChI is InChI=1S/C18H21N3O7/c1-12-3-2-6-19(10-12)14-5-4-13(9-15(14)21(25)26)17(23)28-11-16(22)20-7-8-27-18(20)24/h4-5,9,12H,2-3,6-8,10-11H2,1H3/t12-/m1/s1. The third kappa shape index (κ3) is 4.21. The highest BCUT2D eigenvalue weighted by molar-refractivity contribution is 5.96. The van der Waals surface area contributed by atoms with Gasteiger partial charge in [0.1, 0.15) is 12.3 Å². The van der Waals surface area contributed by atoms with Gasteiger partial charge in [0.05, 0.1) is 17.0 Å². The van der Waals surface area contributed by atoms with Crippen LogP contribution in [0.5, 0.6) is 0 Å². The summed E-state index contributed by atoms with van der Waals surface area (Å²) in [6.45, 7) is 3.08. The van der Waals surface area contributed by atoms with Crippen LogP contribution in [0.15, 0.2) is 18.2 Å². The van der Waals surface area contributed by atoms with Crippen LogP contribution in [-0.2, 0) is 14.3 Å². The summed E-state index contributed by atoms with van der Waals surface area (Å²) in [7, 11) is 0. The second-order valence-electron chi connectivity index (χ2n) is 6.89. The topological polar surface area (TPSA) is 119 Å². The molecule has 2 aliphatic rings. The molecule has 1 atom stereocenters. The van der Waals surface area contributed by atoms with Crippen molar-refractivity contribution in [2.45, 2.75) is 19.8 Å². The molecular formula is C18H21N3O7. The van der Waals surface area contributed by atoms with Gasteiger partial charge in [0.15, 0.2) is 6.61 Å². The first kappa shape index (κ1) is 19.6. The van der Waals surface area contributed by atoms with Crippen molar-refractivity contribution in [2.75, 3.05) is 37.7 Å². The van der Waals surface area contributed by atoms with E-state index in [4.69, 9.17) is 4.74 Å². The highest BCUT2D eigenvalue weighted by atomic mass is 16.6. The van der Waals surface area contributed by atoms with Gasteiger partial charge in [0, 0.05) is 19.2 Å². The Morgan fingerprint density at radius 2 is 2.14 bits per heavy atom. The molecule has 3 rings (SSSR count). The molecule has 2 aliphatic heterocycles. The Morgan fingerprint density at radius 3 is 2.79 bits per heavy atom. The Morgan fingerprint density at radius 1 is 1.36 bits per heavy atom. The number of amides is 2. The van der Waals surface area contributed by atoms with Crippen LogP contribution in [0.2, 0.25) is 0 Å². The Kier molecular flexibility index (Phi) is 5.76. The predicted octanol–water partition coefficient (Wildman–Crippen LogP) is 1.97. The third-order valence-electron chi connectivity index (χ3n) is 4.79. The molecule has 2 fully saturated rings. The Hall–Kier alpha value is -3.17. The van der Waals surface area contributed by atoms with Crippen LogP contribution in [0.1, 0.15) is 30.1 Å². The van der Waals surface area contributed by atoms with Gasteiger partial charge in [0.2, 0.25) is 0 Å². The zero-order chi connectivity index (χ0) is 20.3. The molecule has 10 nitrogen and oxygen atoms in total. The first-order valence-corrected chi connectivity index (χ1v) is 9.04. The van der Waals surface area contributed by atoms with E-state index < -0.39 is 29.5 Å². The zero-order valence-corrected chi connectivity index (χ0v) is 15.5. The molecule has 0 N–H and O–H groups in total. The highest BCUT2D eigenvalue weighted by Crippen LogP contribution is 2.32.